The Bertz CT molecular complexity index is 4030. The van der Waals surface area contributed by atoms with Crippen LogP contribution >= 0.6 is 22.7 Å². The van der Waals surface area contributed by atoms with E-state index in [-0.39, 0.29) is 21.7 Å². The Hall–Kier alpha value is -6.60. The molecule has 1 aliphatic heterocycles. The number of nitrogens with one attached hydrogen (secondary N) is 2. The van der Waals surface area contributed by atoms with Crippen LogP contribution in [-0.4, -0.2) is 19.9 Å². The molecule has 0 amide bonds. The molecule has 0 spiro atoms. The average molecular weight is 949 g/mol. The number of aromatic nitrogens is 4. The molecule has 0 atom stereocenters. The van der Waals surface area contributed by atoms with Crippen molar-refractivity contribution in [1.29, 1.82) is 0 Å². The number of rotatable bonds is 3. The van der Waals surface area contributed by atoms with Crippen LogP contribution in [0.5, 0.6) is 0 Å². The maximum Gasteiger partial charge on any atom is 0.0816 e. The Balaban J connectivity index is 1.32. The predicted octanol–water partition coefficient (Wildman–Crippen LogP) is 19.1. The zero-order valence-corrected chi connectivity index (χ0v) is 44.0. The third-order valence-electron chi connectivity index (χ3n) is 14.7. The molecule has 70 heavy (non-hydrogen) atoms. The maximum atomic E-state index is 5.86. The van der Waals surface area contributed by atoms with E-state index in [1.807, 2.05) is 11.3 Å². The van der Waals surface area contributed by atoms with Crippen molar-refractivity contribution >= 4 is 110 Å². The monoisotopic (exact) mass is 948 g/mol. The number of H-pyrrole nitrogens is 2. The summed E-state index contributed by atoms with van der Waals surface area (Å²) in [5.41, 5.74) is 19.5. The Morgan fingerprint density at radius 1 is 0.400 bits per heavy atom. The highest BCUT2D eigenvalue weighted by Gasteiger charge is 2.27. The molecular formula is C64H60N4S2. The van der Waals surface area contributed by atoms with Gasteiger partial charge in [0.2, 0.25) is 0 Å². The molecule has 0 saturated carbocycles. The van der Waals surface area contributed by atoms with Gasteiger partial charge in [-0.05, 0) is 126 Å². The topological polar surface area (TPSA) is 57.4 Å². The van der Waals surface area contributed by atoms with E-state index in [0.717, 1.165) is 77.7 Å². The highest BCUT2D eigenvalue weighted by Crippen LogP contribution is 2.47. The highest BCUT2D eigenvalue weighted by atomic mass is 32.1. The fourth-order valence-corrected chi connectivity index (χ4v) is 12.5. The summed E-state index contributed by atoms with van der Waals surface area (Å²) in [7, 11) is 0. The summed E-state index contributed by atoms with van der Waals surface area (Å²) in [6, 6.07) is 41.4. The number of hydrogen-bond acceptors (Lipinski definition) is 4. The van der Waals surface area contributed by atoms with E-state index in [2.05, 4.69) is 225 Å². The van der Waals surface area contributed by atoms with Crippen LogP contribution in [0.25, 0.3) is 120 Å². The van der Waals surface area contributed by atoms with Gasteiger partial charge in [-0.25, -0.2) is 9.97 Å². The molecule has 0 aliphatic carbocycles. The van der Waals surface area contributed by atoms with Gasteiger partial charge in [-0.2, -0.15) is 0 Å². The first-order chi connectivity index (χ1) is 33.2. The first-order valence-corrected chi connectivity index (χ1v) is 26.5. The molecule has 11 aromatic rings. The van der Waals surface area contributed by atoms with Gasteiger partial charge in [-0.3, -0.25) is 0 Å². The Labute approximate surface area is 418 Å². The van der Waals surface area contributed by atoms with Crippen LogP contribution in [0.1, 0.15) is 117 Å². The average Bonchev–Trinajstić information content (AvgIpc) is 4.17. The van der Waals surface area contributed by atoms with Crippen molar-refractivity contribution in [2.24, 2.45) is 0 Å². The van der Waals surface area contributed by atoms with Crippen LogP contribution in [-0.2, 0) is 21.7 Å². The van der Waals surface area contributed by atoms with Crippen molar-refractivity contribution in [2.75, 3.05) is 0 Å². The molecule has 0 unspecified atom stereocenters. The molecule has 0 radical (unpaired) electrons. The van der Waals surface area contributed by atoms with E-state index in [4.69, 9.17) is 9.97 Å². The molecule has 5 aromatic carbocycles. The van der Waals surface area contributed by atoms with Gasteiger partial charge < -0.3 is 9.97 Å². The molecular weight excluding hydrogens is 889 g/mol. The molecule has 6 heteroatoms. The molecule has 7 heterocycles. The third kappa shape index (κ3) is 7.28. The van der Waals surface area contributed by atoms with Crippen molar-refractivity contribution in [3.63, 3.8) is 0 Å². The number of hydrogen-bond donors (Lipinski definition) is 2. The van der Waals surface area contributed by atoms with Gasteiger partial charge in [-0.15, -0.1) is 22.7 Å². The Morgan fingerprint density at radius 3 is 1.53 bits per heavy atom. The Morgan fingerprint density at radius 2 is 0.900 bits per heavy atom. The molecule has 12 rings (SSSR count). The number of fused-ring (bicyclic) bond motifs is 11. The number of thiophene rings is 2. The number of benzene rings is 5. The first-order valence-electron chi connectivity index (χ1n) is 24.7. The Kier molecular flexibility index (Phi) is 9.84. The van der Waals surface area contributed by atoms with Crippen molar-refractivity contribution in [3.8, 4) is 33.4 Å². The van der Waals surface area contributed by atoms with E-state index in [0.29, 0.717) is 0 Å². The molecule has 0 fully saturated rings. The molecule has 2 N–H and O–H groups in total. The minimum Gasteiger partial charge on any atom is -0.354 e. The summed E-state index contributed by atoms with van der Waals surface area (Å²) in [5.74, 6) is 0. The van der Waals surface area contributed by atoms with Crippen molar-refractivity contribution in [3.05, 3.63) is 154 Å². The number of nitrogens with zero attached hydrogens (tertiary/aromatic N) is 2. The zero-order chi connectivity index (χ0) is 48.8. The van der Waals surface area contributed by atoms with Crippen LogP contribution in [0.2, 0.25) is 0 Å². The lowest BCUT2D eigenvalue weighted by molar-refractivity contribution is 0.568. The second-order valence-electron chi connectivity index (χ2n) is 23.8. The minimum absolute atomic E-state index is 0.0721. The maximum absolute atomic E-state index is 5.86. The zero-order valence-electron chi connectivity index (χ0n) is 42.4. The van der Waals surface area contributed by atoms with Crippen LogP contribution < -0.4 is 0 Å². The quantitative estimate of drug-likeness (QED) is 0.185. The van der Waals surface area contributed by atoms with Crippen LogP contribution in [0.15, 0.2) is 120 Å². The van der Waals surface area contributed by atoms with Crippen molar-refractivity contribution in [2.45, 2.75) is 105 Å². The molecule has 4 nitrogen and oxygen atoms in total. The van der Waals surface area contributed by atoms with E-state index >= 15 is 0 Å². The smallest absolute Gasteiger partial charge is 0.0816 e. The van der Waals surface area contributed by atoms with Gasteiger partial charge in [0.1, 0.15) is 0 Å². The van der Waals surface area contributed by atoms with Gasteiger partial charge in [-0.1, -0.05) is 150 Å². The van der Waals surface area contributed by atoms with E-state index in [9.17, 15) is 0 Å². The fourth-order valence-electron chi connectivity index (χ4n) is 10.6. The highest BCUT2D eigenvalue weighted by molar-refractivity contribution is 7.18. The van der Waals surface area contributed by atoms with Gasteiger partial charge >= 0.3 is 0 Å². The third-order valence-corrected chi connectivity index (χ3v) is 16.6. The standard InChI is InChI=1S/C64H60N4S2/c1-61(2,3)37-26-35(27-38(30-37)62(4,5)6)55-46-20-23-49(65-46)58(44-33-69-53-18-14-13-16-41(44)53)50-24-21-48(66-50)56(36-28-39(63(7,8)9)31-40(29-36)64(10,11)12)52-32-43-45-34-70-54-19-15-17-42(57(45)54)59(60(43)68-52)51-25-22-47(55)67-51/h13-34,66-67H,1-12H3. The van der Waals surface area contributed by atoms with Gasteiger partial charge in [0.15, 0.2) is 0 Å². The van der Waals surface area contributed by atoms with Crippen LogP contribution in [0.4, 0.5) is 0 Å². The van der Waals surface area contributed by atoms with E-state index < -0.39 is 0 Å². The van der Waals surface area contributed by atoms with Crippen LogP contribution in [0, 0.1) is 0 Å². The SMILES string of the molecule is CC(C)(C)c1cc(-c2c3nc(c(-c4csc5ccccc45)c4ccc([nH]4)c(-c4cc(C(C)(C)C)cc(C(C)(C)C)c4)c4cc5c6csc7cccc(c76)c(c6ccc2[nH]6)c5n4)C=C3)cc(C(C)(C)C)c1. The molecule has 6 aromatic heterocycles. The number of aromatic amines is 2. The van der Waals surface area contributed by atoms with Crippen molar-refractivity contribution < 1.29 is 0 Å². The first kappa shape index (κ1) is 44.6. The second-order valence-corrected chi connectivity index (χ2v) is 25.6. The lowest BCUT2D eigenvalue weighted by atomic mass is 9.79. The molecule has 0 saturated heterocycles. The van der Waals surface area contributed by atoms with Gasteiger partial charge in [0, 0.05) is 80.7 Å². The summed E-state index contributed by atoms with van der Waals surface area (Å²) < 4.78 is 2.53. The molecule has 348 valence electrons. The van der Waals surface area contributed by atoms with Crippen molar-refractivity contribution in [1.82, 2.24) is 19.9 Å². The van der Waals surface area contributed by atoms with E-state index in [1.165, 1.54) is 64.1 Å². The normalized spacial score (nSPS) is 13.4. The predicted molar refractivity (Wildman–Crippen MR) is 307 cm³/mol. The van der Waals surface area contributed by atoms with Gasteiger partial charge in [0.05, 0.1) is 22.4 Å². The summed E-state index contributed by atoms with van der Waals surface area (Å²) >= 11 is 3.60. The largest absolute Gasteiger partial charge is 0.354 e. The fraction of sp³-hybridized carbons (Fsp3) is 0.250. The summed E-state index contributed by atoms with van der Waals surface area (Å²) in [6.07, 6.45) is 4.47. The summed E-state index contributed by atoms with van der Waals surface area (Å²) in [4.78, 5) is 19.8. The van der Waals surface area contributed by atoms with E-state index in [1.54, 1.807) is 11.3 Å². The lowest BCUT2D eigenvalue weighted by Gasteiger charge is -2.26. The van der Waals surface area contributed by atoms with Crippen LogP contribution in [0.3, 0.4) is 0 Å². The second kappa shape index (κ2) is 15.4. The molecule has 1 aliphatic rings. The summed E-state index contributed by atoms with van der Waals surface area (Å²) in [5, 5.41) is 11.9. The lowest BCUT2D eigenvalue weighted by Crippen LogP contribution is -2.16. The van der Waals surface area contributed by atoms with Gasteiger partial charge in [0.25, 0.3) is 0 Å². The summed E-state index contributed by atoms with van der Waals surface area (Å²) in [6.45, 7) is 27.8. The minimum atomic E-state index is -0.0784. The molecule has 8 bridgehead atoms.